The summed E-state index contributed by atoms with van der Waals surface area (Å²) >= 11 is 0. The van der Waals surface area contributed by atoms with Crippen LogP contribution in [0.3, 0.4) is 0 Å². The summed E-state index contributed by atoms with van der Waals surface area (Å²) in [5, 5.41) is 0. The number of aromatic amines is 2. The van der Waals surface area contributed by atoms with Crippen LogP contribution in [0.15, 0.2) is 66.7 Å². The van der Waals surface area contributed by atoms with E-state index in [1.54, 1.807) is 0 Å². The quantitative estimate of drug-likeness (QED) is 0.260. The number of hydrogen-bond acceptors (Lipinski definition) is 3. The number of nitrogens with one attached hydrogen (secondary N) is 2. The molecule has 0 amide bonds. The van der Waals surface area contributed by atoms with E-state index in [1.165, 1.54) is 0 Å². The Balaban J connectivity index is 0.00000216. The fourth-order valence-corrected chi connectivity index (χ4v) is 3.96. The van der Waals surface area contributed by atoms with Crippen LogP contribution < -0.4 is 5.73 Å². The molecule has 8 bridgehead atoms. The van der Waals surface area contributed by atoms with Crippen molar-refractivity contribution >= 4 is 69.4 Å². The predicted octanol–water partition coefficient (Wildman–Crippen LogP) is 4.72. The summed E-state index contributed by atoms with van der Waals surface area (Å²) in [5.74, 6) is 0. The Kier molecular flexibility index (Phi) is 5.03. The number of nitrogens with two attached hydrogens (primary N) is 1. The highest BCUT2D eigenvalue weighted by Crippen LogP contribution is 2.30. The Labute approximate surface area is 195 Å². The smallest absolute Gasteiger partial charge is 0.187 e. The predicted molar refractivity (Wildman–Crippen MR) is 139 cm³/mol. The van der Waals surface area contributed by atoms with Gasteiger partial charge in [-0.1, -0.05) is 12.1 Å². The minimum atomic E-state index is 0. The average Bonchev–Trinajstić information content (AvgIpc) is 3.55. The van der Waals surface area contributed by atoms with E-state index in [-0.39, 0.29) is 17.4 Å². The van der Waals surface area contributed by atoms with Crippen LogP contribution in [0.4, 0.5) is 5.69 Å². The molecule has 0 unspecified atom stereocenters. The zero-order chi connectivity index (χ0) is 20.8. The number of anilines is 1. The maximum Gasteiger partial charge on any atom is 0.187 e. The zero-order valence-corrected chi connectivity index (χ0v) is 16.6. The minimum Gasteiger partial charge on any atom is -0.399 e. The van der Waals surface area contributed by atoms with Crippen molar-refractivity contribution < 1.29 is 0 Å². The third-order valence-corrected chi connectivity index (χ3v) is 5.42. The Morgan fingerprint density at radius 3 is 1.84 bits per heavy atom. The van der Waals surface area contributed by atoms with Crippen molar-refractivity contribution in [2.75, 3.05) is 5.73 Å². The average molecular weight is 431 g/mol. The number of aromatic nitrogens is 4. The van der Waals surface area contributed by atoms with Crippen LogP contribution in [0.25, 0.3) is 57.5 Å². The third kappa shape index (κ3) is 3.78. The summed E-state index contributed by atoms with van der Waals surface area (Å²) in [6.07, 6.45) is 8.14. The second-order valence-corrected chi connectivity index (χ2v) is 7.68. The van der Waals surface area contributed by atoms with Crippen molar-refractivity contribution in [3.63, 3.8) is 0 Å². The van der Waals surface area contributed by atoms with Gasteiger partial charge in [-0.3, -0.25) is 0 Å². The van der Waals surface area contributed by atoms with Gasteiger partial charge >= 0.3 is 0 Å². The van der Waals surface area contributed by atoms with Gasteiger partial charge in [0.15, 0.2) is 17.4 Å². The van der Waals surface area contributed by atoms with Crippen molar-refractivity contribution in [3.05, 3.63) is 89.5 Å². The molecule has 0 radical (unpaired) electrons. The standard InChI is InChI=1S/C26H19N5.Al.3H/c27-17-3-1-16(2-4-17)26-24-11-9-22(30-24)14-20-7-5-18(28-20)13-19-6-8-21(29-19)15-23-10-12-25(26)31-23;;;;/h1-15,28,31H,27H2;;;;. The van der Waals surface area contributed by atoms with Crippen molar-refractivity contribution in [3.8, 4) is 11.1 Å². The van der Waals surface area contributed by atoms with E-state index in [2.05, 4.69) is 40.3 Å². The first-order chi connectivity index (χ1) is 15.2. The molecule has 0 spiro atoms. The van der Waals surface area contributed by atoms with Gasteiger partial charge < -0.3 is 15.7 Å². The molecule has 2 aliphatic heterocycles. The summed E-state index contributed by atoms with van der Waals surface area (Å²) in [7, 11) is 0. The SMILES string of the molecule is Nc1ccc(-c2c3nc(cc4ccc(cc5nc(cc6ccc2[nH]6)C=C5)[nH]4)C=C3)cc1.[AlH3]. The van der Waals surface area contributed by atoms with E-state index < -0.39 is 0 Å². The molecule has 0 aliphatic carbocycles. The van der Waals surface area contributed by atoms with Gasteiger partial charge in [0.2, 0.25) is 0 Å². The first-order valence-electron chi connectivity index (χ1n) is 10.1. The largest absolute Gasteiger partial charge is 0.399 e. The molecule has 1 aromatic carbocycles. The molecule has 5 heterocycles. The van der Waals surface area contributed by atoms with Crippen LogP contribution in [0.5, 0.6) is 0 Å². The lowest BCUT2D eigenvalue weighted by atomic mass is 10.0. The molecule has 0 saturated heterocycles. The Morgan fingerprint density at radius 1 is 0.594 bits per heavy atom. The summed E-state index contributed by atoms with van der Waals surface area (Å²) in [6, 6.07) is 22.3. The molecular formula is C26H22AlN5. The van der Waals surface area contributed by atoms with E-state index in [0.717, 1.165) is 61.7 Å². The third-order valence-electron chi connectivity index (χ3n) is 5.42. The maximum atomic E-state index is 5.92. The van der Waals surface area contributed by atoms with E-state index in [0.29, 0.717) is 0 Å². The second-order valence-electron chi connectivity index (χ2n) is 7.68. The Hall–Kier alpha value is -3.85. The van der Waals surface area contributed by atoms with E-state index in [1.807, 2.05) is 60.7 Å². The number of benzene rings is 1. The van der Waals surface area contributed by atoms with E-state index >= 15 is 0 Å². The maximum absolute atomic E-state index is 5.92. The molecule has 0 fully saturated rings. The Morgan fingerprint density at radius 2 is 1.16 bits per heavy atom. The molecule has 0 atom stereocenters. The molecule has 32 heavy (non-hydrogen) atoms. The van der Waals surface area contributed by atoms with Crippen LogP contribution in [0, 0.1) is 0 Å². The Bertz CT molecular complexity index is 1540. The monoisotopic (exact) mass is 431 g/mol. The highest BCUT2D eigenvalue weighted by atomic mass is 27.0. The summed E-state index contributed by atoms with van der Waals surface area (Å²) < 4.78 is 0. The van der Waals surface area contributed by atoms with Crippen LogP contribution in [0.1, 0.15) is 22.8 Å². The number of H-pyrrole nitrogens is 2. The number of rotatable bonds is 1. The summed E-state index contributed by atoms with van der Waals surface area (Å²) in [6.45, 7) is 0. The van der Waals surface area contributed by atoms with Crippen molar-refractivity contribution in [2.45, 2.75) is 0 Å². The van der Waals surface area contributed by atoms with Crippen molar-refractivity contribution in [1.82, 2.24) is 19.9 Å². The summed E-state index contributed by atoms with van der Waals surface area (Å²) in [5.41, 5.74) is 16.4. The molecule has 5 nitrogen and oxygen atoms in total. The minimum absolute atomic E-state index is 0. The number of fused-ring (bicyclic) bond motifs is 8. The van der Waals surface area contributed by atoms with Crippen molar-refractivity contribution in [1.29, 1.82) is 0 Å². The van der Waals surface area contributed by atoms with Gasteiger partial charge in [-0.25, -0.2) is 9.97 Å². The second kappa shape index (κ2) is 8.01. The van der Waals surface area contributed by atoms with Crippen LogP contribution in [-0.2, 0) is 0 Å². The van der Waals surface area contributed by atoms with Gasteiger partial charge in [-0.05, 0) is 84.5 Å². The fraction of sp³-hybridized carbons (Fsp3) is 0. The highest BCUT2D eigenvalue weighted by Gasteiger charge is 2.10. The van der Waals surface area contributed by atoms with Crippen LogP contribution in [-0.4, -0.2) is 37.3 Å². The molecular weight excluding hydrogens is 409 g/mol. The lowest BCUT2D eigenvalue weighted by molar-refractivity contribution is 1.31. The molecule has 6 heteroatoms. The zero-order valence-electron chi connectivity index (χ0n) is 16.6. The molecule has 4 aromatic rings. The van der Waals surface area contributed by atoms with Gasteiger partial charge in [0.25, 0.3) is 0 Å². The van der Waals surface area contributed by atoms with Crippen molar-refractivity contribution in [2.24, 2.45) is 0 Å². The van der Waals surface area contributed by atoms with Gasteiger partial charge in [0.05, 0.1) is 22.8 Å². The number of nitrogens with zero attached hydrogens (tertiary/aromatic N) is 2. The van der Waals surface area contributed by atoms with Crippen LogP contribution in [0.2, 0.25) is 0 Å². The molecule has 3 aromatic heterocycles. The normalized spacial score (nSPS) is 12.0. The first kappa shape index (κ1) is 20.1. The van der Waals surface area contributed by atoms with Gasteiger partial charge in [-0.15, -0.1) is 0 Å². The van der Waals surface area contributed by atoms with Crippen LogP contribution >= 0.6 is 0 Å². The van der Waals surface area contributed by atoms with Gasteiger partial charge in [0.1, 0.15) is 0 Å². The highest BCUT2D eigenvalue weighted by molar-refractivity contribution is 5.91. The molecule has 2 aliphatic rings. The number of nitrogen functional groups attached to an aromatic ring is 1. The lowest BCUT2D eigenvalue weighted by Crippen LogP contribution is -1.87. The van der Waals surface area contributed by atoms with E-state index in [4.69, 9.17) is 15.7 Å². The molecule has 6 rings (SSSR count). The first-order valence-corrected chi connectivity index (χ1v) is 10.1. The molecule has 0 saturated carbocycles. The topological polar surface area (TPSA) is 83.4 Å². The van der Waals surface area contributed by atoms with Gasteiger partial charge in [-0.2, -0.15) is 0 Å². The molecule has 154 valence electrons. The van der Waals surface area contributed by atoms with Gasteiger partial charge in [0, 0.05) is 33.3 Å². The lowest BCUT2D eigenvalue weighted by Gasteiger charge is -2.04. The molecule has 4 N–H and O–H groups in total. The number of hydrogen-bond donors (Lipinski definition) is 3. The van der Waals surface area contributed by atoms with E-state index in [9.17, 15) is 0 Å². The summed E-state index contributed by atoms with van der Waals surface area (Å²) in [4.78, 5) is 16.6. The fourth-order valence-electron chi connectivity index (χ4n) is 3.96.